The van der Waals surface area contributed by atoms with Crippen molar-refractivity contribution in [2.45, 2.75) is 0 Å². The molecule has 4 heteroatoms. The van der Waals surface area contributed by atoms with Crippen LogP contribution in [0.3, 0.4) is 0 Å². The average molecular weight is 263 g/mol. The summed E-state index contributed by atoms with van der Waals surface area (Å²) in [5, 5.41) is 1.21. The van der Waals surface area contributed by atoms with E-state index in [1.54, 1.807) is 13.4 Å². The highest BCUT2D eigenvalue weighted by Crippen LogP contribution is 2.33. The summed E-state index contributed by atoms with van der Waals surface area (Å²) >= 11 is 0. The van der Waals surface area contributed by atoms with E-state index in [0.717, 1.165) is 33.4 Å². The maximum atomic E-state index is 5.36. The largest absolute Gasteiger partial charge is 0.494 e. The van der Waals surface area contributed by atoms with E-state index >= 15 is 0 Å². The molecule has 0 aliphatic rings. The van der Waals surface area contributed by atoms with Gasteiger partial charge in [0.1, 0.15) is 11.3 Å². The van der Waals surface area contributed by atoms with Gasteiger partial charge in [0.2, 0.25) is 0 Å². The number of benzene rings is 2. The standard InChI is InChI=1S/C16H13N3O/c1-20-14-5-4-12(15-16(14)19-9-18-15)11-3-2-10-6-7-17-13(10)8-11/h2-9,17H,1H3,(H,18,19). The van der Waals surface area contributed by atoms with Gasteiger partial charge in [-0.25, -0.2) is 4.98 Å². The van der Waals surface area contributed by atoms with Gasteiger partial charge in [0, 0.05) is 17.3 Å². The van der Waals surface area contributed by atoms with Crippen LogP contribution >= 0.6 is 0 Å². The molecule has 0 aliphatic carbocycles. The van der Waals surface area contributed by atoms with Crippen LogP contribution in [0.5, 0.6) is 5.75 Å². The van der Waals surface area contributed by atoms with Crippen LogP contribution in [0.25, 0.3) is 33.1 Å². The van der Waals surface area contributed by atoms with E-state index in [-0.39, 0.29) is 0 Å². The maximum absolute atomic E-state index is 5.36. The predicted octanol–water partition coefficient (Wildman–Crippen LogP) is 3.72. The van der Waals surface area contributed by atoms with Crippen molar-refractivity contribution in [1.29, 1.82) is 0 Å². The smallest absolute Gasteiger partial charge is 0.144 e. The third-order valence-electron chi connectivity index (χ3n) is 3.63. The van der Waals surface area contributed by atoms with Crippen LogP contribution in [-0.2, 0) is 0 Å². The predicted molar refractivity (Wildman–Crippen MR) is 79.9 cm³/mol. The summed E-state index contributed by atoms with van der Waals surface area (Å²) < 4.78 is 5.36. The fourth-order valence-electron chi connectivity index (χ4n) is 2.63. The minimum atomic E-state index is 0.808. The molecule has 0 saturated carbocycles. The SMILES string of the molecule is COc1ccc(-c2ccc3cc[nH]c3c2)c2nc[nH]c12. The minimum absolute atomic E-state index is 0.808. The number of fused-ring (bicyclic) bond motifs is 2. The highest BCUT2D eigenvalue weighted by atomic mass is 16.5. The molecular weight excluding hydrogens is 250 g/mol. The number of hydrogen-bond donors (Lipinski definition) is 2. The third kappa shape index (κ3) is 1.51. The van der Waals surface area contributed by atoms with Crippen molar-refractivity contribution in [3.8, 4) is 16.9 Å². The summed E-state index contributed by atoms with van der Waals surface area (Å²) in [5.41, 5.74) is 5.21. The van der Waals surface area contributed by atoms with Crippen molar-refractivity contribution in [3.63, 3.8) is 0 Å². The zero-order valence-electron chi connectivity index (χ0n) is 11.0. The Balaban J connectivity index is 1.99. The fourth-order valence-corrected chi connectivity index (χ4v) is 2.63. The van der Waals surface area contributed by atoms with Gasteiger partial charge >= 0.3 is 0 Å². The highest BCUT2D eigenvalue weighted by Gasteiger charge is 2.11. The number of aromatic amines is 2. The van der Waals surface area contributed by atoms with E-state index in [0.29, 0.717) is 0 Å². The van der Waals surface area contributed by atoms with Crippen molar-refractivity contribution in [1.82, 2.24) is 15.0 Å². The molecule has 2 aromatic heterocycles. The Labute approximate surface area is 115 Å². The molecule has 98 valence electrons. The van der Waals surface area contributed by atoms with E-state index in [1.165, 1.54) is 5.39 Å². The van der Waals surface area contributed by atoms with E-state index in [4.69, 9.17) is 4.74 Å². The van der Waals surface area contributed by atoms with Crippen LogP contribution in [0.15, 0.2) is 48.9 Å². The Morgan fingerprint density at radius 2 is 2.00 bits per heavy atom. The molecule has 2 aromatic carbocycles. The van der Waals surface area contributed by atoms with Crippen LogP contribution in [0.2, 0.25) is 0 Å². The molecule has 0 amide bonds. The minimum Gasteiger partial charge on any atom is -0.494 e. The maximum Gasteiger partial charge on any atom is 0.144 e. The van der Waals surface area contributed by atoms with Gasteiger partial charge in [-0.2, -0.15) is 0 Å². The van der Waals surface area contributed by atoms with E-state index in [2.05, 4.69) is 39.2 Å². The van der Waals surface area contributed by atoms with Crippen molar-refractivity contribution in [2.24, 2.45) is 0 Å². The molecule has 20 heavy (non-hydrogen) atoms. The summed E-state index contributed by atoms with van der Waals surface area (Å²) in [6.45, 7) is 0. The number of hydrogen-bond acceptors (Lipinski definition) is 2. The van der Waals surface area contributed by atoms with Gasteiger partial charge in [0.15, 0.2) is 0 Å². The molecule has 4 nitrogen and oxygen atoms in total. The number of H-pyrrole nitrogens is 2. The Morgan fingerprint density at radius 3 is 2.90 bits per heavy atom. The Morgan fingerprint density at radius 1 is 1.05 bits per heavy atom. The monoisotopic (exact) mass is 263 g/mol. The lowest BCUT2D eigenvalue weighted by atomic mass is 10.0. The van der Waals surface area contributed by atoms with Crippen molar-refractivity contribution in [2.75, 3.05) is 7.11 Å². The Hall–Kier alpha value is -2.75. The van der Waals surface area contributed by atoms with Crippen molar-refractivity contribution in [3.05, 3.63) is 48.9 Å². The van der Waals surface area contributed by atoms with Crippen LogP contribution < -0.4 is 4.74 Å². The Kier molecular flexibility index (Phi) is 2.29. The van der Waals surface area contributed by atoms with Gasteiger partial charge in [-0.3, -0.25) is 0 Å². The van der Waals surface area contributed by atoms with E-state index in [9.17, 15) is 0 Å². The lowest BCUT2D eigenvalue weighted by Gasteiger charge is -2.06. The summed E-state index contributed by atoms with van der Waals surface area (Å²) in [6, 6.07) is 12.5. The Bertz CT molecular complexity index is 904. The molecule has 2 heterocycles. The molecule has 0 aliphatic heterocycles. The molecule has 0 atom stereocenters. The lowest BCUT2D eigenvalue weighted by Crippen LogP contribution is -1.87. The number of methoxy groups -OCH3 is 1. The van der Waals surface area contributed by atoms with Gasteiger partial charge in [0.25, 0.3) is 0 Å². The number of aromatic nitrogens is 3. The fraction of sp³-hybridized carbons (Fsp3) is 0.0625. The molecular formula is C16H13N3O. The summed E-state index contributed by atoms with van der Waals surface area (Å²) in [5.74, 6) is 0.808. The molecule has 0 radical (unpaired) electrons. The highest BCUT2D eigenvalue weighted by molar-refractivity contribution is 5.97. The van der Waals surface area contributed by atoms with Gasteiger partial charge in [0.05, 0.1) is 19.0 Å². The average Bonchev–Trinajstić information content (AvgIpc) is 3.14. The van der Waals surface area contributed by atoms with E-state index < -0.39 is 0 Å². The molecule has 0 unspecified atom stereocenters. The van der Waals surface area contributed by atoms with Crippen LogP contribution in [-0.4, -0.2) is 22.1 Å². The molecule has 0 bridgehead atoms. The zero-order valence-corrected chi connectivity index (χ0v) is 11.0. The van der Waals surface area contributed by atoms with Gasteiger partial charge in [-0.1, -0.05) is 12.1 Å². The number of rotatable bonds is 2. The number of imidazole rings is 1. The van der Waals surface area contributed by atoms with Gasteiger partial charge in [-0.15, -0.1) is 0 Å². The number of nitrogens with one attached hydrogen (secondary N) is 2. The summed E-state index contributed by atoms with van der Waals surface area (Å²) in [4.78, 5) is 10.8. The summed E-state index contributed by atoms with van der Waals surface area (Å²) in [6.07, 6.45) is 3.65. The molecule has 2 N–H and O–H groups in total. The first-order valence-corrected chi connectivity index (χ1v) is 6.44. The van der Waals surface area contributed by atoms with Gasteiger partial charge in [-0.05, 0) is 35.2 Å². The summed E-state index contributed by atoms with van der Waals surface area (Å²) in [7, 11) is 1.67. The normalized spacial score (nSPS) is 11.2. The van der Waals surface area contributed by atoms with Crippen LogP contribution in [0.4, 0.5) is 0 Å². The van der Waals surface area contributed by atoms with Crippen LogP contribution in [0.1, 0.15) is 0 Å². The molecule has 0 spiro atoms. The first-order valence-electron chi connectivity index (χ1n) is 6.44. The second kappa shape index (κ2) is 4.13. The second-order valence-electron chi connectivity index (χ2n) is 4.72. The third-order valence-corrected chi connectivity index (χ3v) is 3.63. The van der Waals surface area contributed by atoms with Gasteiger partial charge < -0.3 is 14.7 Å². The number of ether oxygens (including phenoxy) is 1. The quantitative estimate of drug-likeness (QED) is 0.579. The number of nitrogens with zero attached hydrogens (tertiary/aromatic N) is 1. The topological polar surface area (TPSA) is 53.7 Å². The second-order valence-corrected chi connectivity index (χ2v) is 4.72. The first-order chi connectivity index (χ1) is 9.86. The molecule has 0 saturated heterocycles. The first kappa shape index (κ1) is 11.1. The molecule has 4 rings (SSSR count). The van der Waals surface area contributed by atoms with E-state index in [1.807, 2.05) is 18.3 Å². The zero-order chi connectivity index (χ0) is 13.5. The molecule has 0 fully saturated rings. The van der Waals surface area contributed by atoms with Crippen molar-refractivity contribution >= 4 is 21.9 Å². The van der Waals surface area contributed by atoms with Crippen molar-refractivity contribution < 1.29 is 4.74 Å². The van der Waals surface area contributed by atoms with Crippen LogP contribution in [0, 0.1) is 0 Å². The molecule has 4 aromatic rings. The lowest BCUT2D eigenvalue weighted by molar-refractivity contribution is 0.419.